The molecule has 0 fully saturated rings. The van der Waals surface area contributed by atoms with Gasteiger partial charge in [0.25, 0.3) is 5.56 Å². The van der Waals surface area contributed by atoms with Gasteiger partial charge < -0.3 is 9.67 Å². The van der Waals surface area contributed by atoms with Crippen molar-refractivity contribution in [2.75, 3.05) is 0 Å². The molecule has 0 atom stereocenters. The van der Waals surface area contributed by atoms with E-state index in [4.69, 9.17) is 4.98 Å². The summed E-state index contributed by atoms with van der Waals surface area (Å²) in [7, 11) is 0. The SMILES string of the molecule is CCCCc1nc2ccc(Br)cc2c(=O)n1N=Cc1cc(C)n(-c2ccc(O)cc2)c1C. The van der Waals surface area contributed by atoms with Gasteiger partial charge in [0.1, 0.15) is 11.6 Å². The zero-order valence-electron chi connectivity index (χ0n) is 18.3. The molecule has 0 bridgehead atoms. The first-order chi connectivity index (χ1) is 15.4. The minimum atomic E-state index is -0.175. The van der Waals surface area contributed by atoms with Crippen molar-refractivity contribution in [3.8, 4) is 11.4 Å². The lowest BCUT2D eigenvalue weighted by molar-refractivity contribution is 0.475. The highest BCUT2D eigenvalue weighted by atomic mass is 79.9. The number of aromatic nitrogens is 3. The molecule has 0 amide bonds. The highest BCUT2D eigenvalue weighted by molar-refractivity contribution is 9.10. The minimum absolute atomic E-state index is 0.175. The van der Waals surface area contributed by atoms with E-state index in [0.29, 0.717) is 23.1 Å². The third-order valence-electron chi connectivity index (χ3n) is 5.52. The number of nitrogens with zero attached hydrogens (tertiary/aromatic N) is 4. The lowest BCUT2D eigenvalue weighted by Gasteiger charge is -2.10. The van der Waals surface area contributed by atoms with E-state index in [2.05, 4.69) is 32.5 Å². The fourth-order valence-electron chi connectivity index (χ4n) is 3.85. The number of unbranched alkanes of at least 4 members (excludes halogenated alkanes) is 1. The van der Waals surface area contributed by atoms with Crippen LogP contribution in [0.5, 0.6) is 5.75 Å². The maximum Gasteiger partial charge on any atom is 0.282 e. The van der Waals surface area contributed by atoms with Gasteiger partial charge in [0, 0.05) is 33.5 Å². The summed E-state index contributed by atoms with van der Waals surface area (Å²) in [6.45, 7) is 6.14. The standard InChI is InChI=1S/C25H25BrN4O2/c1-4-5-6-24-28-23-12-7-19(26)14-22(23)25(32)30(24)27-15-18-13-16(2)29(17(18)3)20-8-10-21(31)11-9-20/h7-15,31H,4-6H2,1-3H3. The van der Waals surface area contributed by atoms with Crippen LogP contribution in [-0.2, 0) is 6.42 Å². The average Bonchev–Trinajstić information content (AvgIpc) is 3.06. The quantitative estimate of drug-likeness (QED) is 0.361. The smallest absolute Gasteiger partial charge is 0.282 e. The monoisotopic (exact) mass is 492 g/mol. The Balaban J connectivity index is 1.80. The fraction of sp³-hybridized carbons (Fsp3) is 0.240. The summed E-state index contributed by atoms with van der Waals surface area (Å²) >= 11 is 3.44. The molecule has 2 aromatic heterocycles. The van der Waals surface area contributed by atoms with Gasteiger partial charge in [0.15, 0.2) is 0 Å². The van der Waals surface area contributed by atoms with Crippen LogP contribution in [0.3, 0.4) is 0 Å². The summed E-state index contributed by atoms with van der Waals surface area (Å²) in [6, 6.07) is 14.6. The van der Waals surface area contributed by atoms with Crippen molar-refractivity contribution in [2.45, 2.75) is 40.0 Å². The zero-order chi connectivity index (χ0) is 22.8. The molecule has 0 saturated heterocycles. The fourth-order valence-corrected chi connectivity index (χ4v) is 4.21. The lowest BCUT2D eigenvalue weighted by Crippen LogP contribution is -2.22. The van der Waals surface area contributed by atoms with Gasteiger partial charge in [-0.15, -0.1) is 0 Å². The van der Waals surface area contributed by atoms with E-state index in [1.165, 1.54) is 4.68 Å². The number of hydrogen-bond donors (Lipinski definition) is 1. The first kappa shape index (κ1) is 22.0. The molecule has 6 nitrogen and oxygen atoms in total. The Labute approximate surface area is 195 Å². The Morgan fingerprint density at radius 1 is 1.12 bits per heavy atom. The van der Waals surface area contributed by atoms with Gasteiger partial charge in [-0.1, -0.05) is 29.3 Å². The average molecular weight is 493 g/mol. The van der Waals surface area contributed by atoms with E-state index in [1.807, 2.05) is 44.2 Å². The van der Waals surface area contributed by atoms with Crippen LogP contribution < -0.4 is 5.56 Å². The summed E-state index contributed by atoms with van der Waals surface area (Å²) in [4.78, 5) is 18.0. The second-order valence-corrected chi connectivity index (χ2v) is 8.75. The van der Waals surface area contributed by atoms with Crippen molar-refractivity contribution >= 4 is 33.0 Å². The van der Waals surface area contributed by atoms with Crippen LogP contribution in [-0.4, -0.2) is 25.5 Å². The Morgan fingerprint density at radius 3 is 2.59 bits per heavy atom. The molecule has 2 aromatic carbocycles. The second kappa shape index (κ2) is 9.12. The molecule has 0 saturated carbocycles. The summed E-state index contributed by atoms with van der Waals surface area (Å²) in [5, 5.41) is 14.7. The molecule has 4 aromatic rings. The first-order valence-corrected chi connectivity index (χ1v) is 11.4. The summed E-state index contributed by atoms with van der Waals surface area (Å²) < 4.78 is 4.35. The molecule has 0 aliphatic carbocycles. The molecule has 0 radical (unpaired) electrons. The second-order valence-electron chi connectivity index (χ2n) is 7.83. The zero-order valence-corrected chi connectivity index (χ0v) is 19.9. The number of phenolic OH excluding ortho intramolecular Hbond substituents is 1. The van der Waals surface area contributed by atoms with E-state index in [9.17, 15) is 9.90 Å². The van der Waals surface area contributed by atoms with E-state index >= 15 is 0 Å². The molecule has 4 rings (SSSR count). The predicted octanol–water partition coefficient (Wildman–Crippen LogP) is 5.50. The maximum absolute atomic E-state index is 13.3. The summed E-state index contributed by atoms with van der Waals surface area (Å²) in [5.74, 6) is 0.891. The van der Waals surface area contributed by atoms with Crippen LogP contribution >= 0.6 is 15.9 Å². The van der Waals surface area contributed by atoms with Crippen molar-refractivity contribution in [3.63, 3.8) is 0 Å². The maximum atomic E-state index is 13.3. The van der Waals surface area contributed by atoms with Crippen molar-refractivity contribution in [2.24, 2.45) is 5.10 Å². The molecule has 0 spiro atoms. The highest BCUT2D eigenvalue weighted by Crippen LogP contribution is 2.22. The number of benzene rings is 2. The van der Waals surface area contributed by atoms with Crippen molar-refractivity contribution in [3.05, 3.63) is 86.1 Å². The van der Waals surface area contributed by atoms with Crippen molar-refractivity contribution < 1.29 is 5.11 Å². The molecule has 0 aliphatic heterocycles. The molecule has 7 heteroatoms. The summed E-state index contributed by atoms with van der Waals surface area (Å²) in [6.07, 6.45) is 4.34. The minimum Gasteiger partial charge on any atom is -0.508 e. The highest BCUT2D eigenvalue weighted by Gasteiger charge is 2.13. The first-order valence-electron chi connectivity index (χ1n) is 10.6. The third-order valence-corrected chi connectivity index (χ3v) is 6.01. The number of hydrogen-bond acceptors (Lipinski definition) is 4. The normalized spacial score (nSPS) is 11.6. The largest absolute Gasteiger partial charge is 0.508 e. The van der Waals surface area contributed by atoms with Gasteiger partial charge >= 0.3 is 0 Å². The van der Waals surface area contributed by atoms with Gasteiger partial charge in [-0.3, -0.25) is 4.79 Å². The molecule has 2 heterocycles. The van der Waals surface area contributed by atoms with Gasteiger partial charge in [-0.2, -0.15) is 9.78 Å². The number of aryl methyl sites for hydroxylation is 2. The van der Waals surface area contributed by atoms with E-state index < -0.39 is 0 Å². The molecule has 1 N–H and O–H groups in total. The third kappa shape index (κ3) is 4.25. The van der Waals surface area contributed by atoms with E-state index in [1.54, 1.807) is 24.4 Å². The van der Waals surface area contributed by atoms with Gasteiger partial charge in [0.2, 0.25) is 0 Å². The predicted molar refractivity (Wildman–Crippen MR) is 132 cm³/mol. The van der Waals surface area contributed by atoms with Crippen LogP contribution in [0.25, 0.3) is 16.6 Å². The van der Waals surface area contributed by atoms with Crippen LogP contribution in [0, 0.1) is 13.8 Å². The van der Waals surface area contributed by atoms with Crippen molar-refractivity contribution in [1.29, 1.82) is 0 Å². The molecule has 32 heavy (non-hydrogen) atoms. The Bertz CT molecular complexity index is 1370. The van der Waals surface area contributed by atoms with Crippen LogP contribution in [0.15, 0.2) is 62.9 Å². The molecular formula is C25H25BrN4O2. The van der Waals surface area contributed by atoms with Crippen LogP contribution in [0.4, 0.5) is 0 Å². The Kier molecular flexibility index (Phi) is 6.28. The molecule has 164 valence electrons. The molecule has 0 aliphatic rings. The van der Waals surface area contributed by atoms with Crippen LogP contribution in [0.1, 0.15) is 42.5 Å². The Morgan fingerprint density at radius 2 is 1.88 bits per heavy atom. The van der Waals surface area contributed by atoms with E-state index in [-0.39, 0.29) is 11.3 Å². The number of rotatable bonds is 6. The molecule has 0 unspecified atom stereocenters. The van der Waals surface area contributed by atoms with Gasteiger partial charge in [-0.05, 0) is 68.8 Å². The Hall–Kier alpha value is -3.19. The number of phenols is 1. The van der Waals surface area contributed by atoms with Crippen molar-refractivity contribution in [1.82, 2.24) is 14.2 Å². The number of aromatic hydroxyl groups is 1. The topological polar surface area (TPSA) is 72.4 Å². The lowest BCUT2D eigenvalue weighted by atomic mass is 10.2. The van der Waals surface area contributed by atoms with Gasteiger partial charge in [-0.25, -0.2) is 4.98 Å². The number of fused-ring (bicyclic) bond motifs is 1. The summed E-state index contributed by atoms with van der Waals surface area (Å²) in [5.41, 5.74) is 4.41. The van der Waals surface area contributed by atoms with E-state index in [0.717, 1.165) is 40.0 Å². The number of halogens is 1. The molecular weight excluding hydrogens is 468 g/mol. The van der Waals surface area contributed by atoms with Crippen LogP contribution in [0.2, 0.25) is 0 Å². The van der Waals surface area contributed by atoms with Gasteiger partial charge in [0.05, 0.1) is 17.1 Å².